The second-order valence-corrected chi connectivity index (χ2v) is 13.2. The van der Waals surface area contributed by atoms with Crippen LogP contribution in [0.2, 0.25) is 0 Å². The Morgan fingerprint density at radius 3 is 2.17 bits per heavy atom. The van der Waals surface area contributed by atoms with Crippen molar-refractivity contribution in [1.29, 1.82) is 0 Å². The first kappa shape index (κ1) is 33.3. The summed E-state index contributed by atoms with van der Waals surface area (Å²) in [5.74, 6) is -1.24. The van der Waals surface area contributed by atoms with E-state index >= 15 is 0 Å². The van der Waals surface area contributed by atoms with Crippen LogP contribution in [-0.2, 0) is 30.7 Å². The third kappa shape index (κ3) is 7.67. The molecule has 1 aromatic heterocycles. The maximum absolute atomic E-state index is 14.3. The van der Waals surface area contributed by atoms with E-state index in [-0.39, 0.29) is 11.3 Å². The van der Waals surface area contributed by atoms with Gasteiger partial charge in [0.1, 0.15) is 6.04 Å². The third-order valence-corrected chi connectivity index (χ3v) is 9.54. The lowest BCUT2D eigenvalue weighted by Crippen LogP contribution is -2.43. The van der Waals surface area contributed by atoms with Crippen molar-refractivity contribution in [2.75, 3.05) is 7.11 Å². The number of imidazole rings is 1. The number of carbonyl (C=O) groups is 2. The predicted molar refractivity (Wildman–Crippen MR) is 179 cm³/mol. The van der Waals surface area contributed by atoms with Crippen molar-refractivity contribution in [1.82, 2.24) is 14.3 Å². The van der Waals surface area contributed by atoms with Crippen molar-refractivity contribution in [2.45, 2.75) is 51.2 Å². The number of hydrogen-bond acceptors (Lipinski definition) is 7. The van der Waals surface area contributed by atoms with E-state index in [0.717, 1.165) is 22.4 Å². The van der Waals surface area contributed by atoms with Gasteiger partial charge in [-0.25, -0.2) is 18.2 Å². The summed E-state index contributed by atoms with van der Waals surface area (Å²) in [5, 5.41) is 0. The highest BCUT2D eigenvalue weighted by Crippen LogP contribution is 2.35. The number of nitrogens with one attached hydrogen (secondary N) is 1. The normalized spacial score (nSPS) is 12.7. The van der Waals surface area contributed by atoms with Gasteiger partial charge in [0.2, 0.25) is 10.0 Å². The zero-order valence-electron chi connectivity index (χ0n) is 26.9. The molecular weight excluding hydrogens is 614 g/mol. The van der Waals surface area contributed by atoms with Crippen molar-refractivity contribution in [2.24, 2.45) is 0 Å². The van der Waals surface area contributed by atoms with Gasteiger partial charge >= 0.3 is 11.9 Å². The molecule has 47 heavy (non-hydrogen) atoms. The smallest absolute Gasteiger partial charge is 0.337 e. The highest BCUT2D eigenvalue weighted by atomic mass is 32.2. The Kier molecular flexibility index (Phi) is 10.0. The minimum atomic E-state index is -4.10. The molecule has 10 heteroatoms. The van der Waals surface area contributed by atoms with Crippen LogP contribution in [0.15, 0.2) is 109 Å². The standard InChI is InChI=1S/C37H37N3O6S/c1-24-11-15-31(16-12-24)47(43,44)39-33(21-28-9-7-6-8-10-28)37(42)46-35(34-26(3)19-29(20-27(34)4)36(41)45-5)32-22-30(14-13-25(32)2)40-18-17-38-23-40/h6-20,22-23,33,35,39H,21H2,1-5H3. The molecule has 0 aliphatic heterocycles. The number of aromatic nitrogens is 2. The highest BCUT2D eigenvalue weighted by molar-refractivity contribution is 7.89. The van der Waals surface area contributed by atoms with Crippen molar-refractivity contribution >= 4 is 22.0 Å². The number of ether oxygens (including phenoxy) is 2. The summed E-state index contributed by atoms with van der Waals surface area (Å²) in [6.45, 7) is 7.46. The Balaban J connectivity index is 1.60. The van der Waals surface area contributed by atoms with E-state index in [4.69, 9.17) is 9.47 Å². The fourth-order valence-corrected chi connectivity index (χ4v) is 6.76. The molecule has 0 radical (unpaired) electrons. The number of aryl methyl sites for hydroxylation is 4. The van der Waals surface area contributed by atoms with E-state index in [1.165, 1.54) is 19.2 Å². The fraction of sp³-hybridized carbons (Fsp3) is 0.216. The van der Waals surface area contributed by atoms with Crippen LogP contribution in [0.1, 0.15) is 55.4 Å². The molecule has 5 rings (SSSR count). The lowest BCUT2D eigenvalue weighted by molar-refractivity contribution is -0.149. The summed E-state index contributed by atoms with van der Waals surface area (Å²) in [6, 6.07) is 23.5. The number of hydrogen-bond donors (Lipinski definition) is 1. The van der Waals surface area contributed by atoms with Gasteiger partial charge < -0.3 is 14.0 Å². The lowest BCUT2D eigenvalue weighted by atomic mass is 9.89. The fourth-order valence-electron chi connectivity index (χ4n) is 5.58. The molecular formula is C37H37N3O6S. The van der Waals surface area contributed by atoms with Crippen LogP contribution in [0.5, 0.6) is 0 Å². The molecule has 242 valence electrons. The van der Waals surface area contributed by atoms with E-state index in [1.54, 1.807) is 36.8 Å². The topological polar surface area (TPSA) is 117 Å². The summed E-state index contributed by atoms with van der Waals surface area (Å²) in [7, 11) is -2.78. The molecule has 4 aromatic carbocycles. The van der Waals surface area contributed by atoms with Crippen LogP contribution in [0, 0.1) is 27.7 Å². The molecule has 5 aromatic rings. The van der Waals surface area contributed by atoms with Gasteiger partial charge in [-0.15, -0.1) is 0 Å². The Hall–Kier alpha value is -5.06. The van der Waals surface area contributed by atoms with E-state index in [2.05, 4.69) is 9.71 Å². The minimum absolute atomic E-state index is 0.0412. The molecule has 0 saturated heterocycles. The zero-order chi connectivity index (χ0) is 33.7. The SMILES string of the molecule is COC(=O)c1cc(C)c(C(OC(=O)C(Cc2ccccc2)NS(=O)(=O)c2ccc(C)cc2)c2cc(-n3ccnc3)ccc2C)c(C)c1. The number of methoxy groups -OCH3 is 1. The van der Waals surface area contributed by atoms with E-state index in [9.17, 15) is 18.0 Å². The van der Waals surface area contributed by atoms with Crippen molar-refractivity contribution in [3.8, 4) is 5.69 Å². The second-order valence-electron chi connectivity index (χ2n) is 11.5. The van der Waals surface area contributed by atoms with Gasteiger partial charge in [-0.3, -0.25) is 4.79 Å². The number of benzene rings is 4. The quantitative estimate of drug-likeness (QED) is 0.171. The van der Waals surface area contributed by atoms with Crippen molar-refractivity contribution < 1.29 is 27.5 Å². The highest BCUT2D eigenvalue weighted by Gasteiger charge is 2.32. The van der Waals surface area contributed by atoms with Gasteiger partial charge in [0.05, 0.1) is 23.9 Å². The van der Waals surface area contributed by atoms with Gasteiger partial charge in [-0.2, -0.15) is 4.72 Å². The summed E-state index contributed by atoms with van der Waals surface area (Å²) in [4.78, 5) is 30.9. The molecule has 2 atom stereocenters. The molecule has 0 amide bonds. The van der Waals surface area contributed by atoms with Gasteiger partial charge in [0.25, 0.3) is 0 Å². The Morgan fingerprint density at radius 1 is 0.872 bits per heavy atom. The molecule has 0 aliphatic rings. The minimum Gasteiger partial charge on any atom is -0.465 e. The first-order valence-corrected chi connectivity index (χ1v) is 16.6. The zero-order valence-corrected chi connectivity index (χ0v) is 27.7. The van der Waals surface area contributed by atoms with Crippen LogP contribution >= 0.6 is 0 Å². The molecule has 9 nitrogen and oxygen atoms in total. The average Bonchev–Trinajstić information content (AvgIpc) is 3.59. The molecule has 0 fully saturated rings. The molecule has 0 bridgehead atoms. The van der Waals surface area contributed by atoms with E-state index < -0.39 is 34.1 Å². The maximum Gasteiger partial charge on any atom is 0.337 e. The summed E-state index contributed by atoms with van der Waals surface area (Å²) < 4.78 is 42.9. The Labute approximate surface area is 275 Å². The predicted octanol–water partition coefficient (Wildman–Crippen LogP) is 6.11. The van der Waals surface area contributed by atoms with Crippen LogP contribution in [-0.4, -0.2) is 43.1 Å². The first-order valence-electron chi connectivity index (χ1n) is 15.1. The second kappa shape index (κ2) is 14.1. The van der Waals surface area contributed by atoms with Gasteiger partial charge in [0.15, 0.2) is 6.10 Å². The number of rotatable bonds is 11. The molecule has 0 aliphatic carbocycles. The molecule has 0 spiro atoms. The van der Waals surface area contributed by atoms with E-state index in [0.29, 0.717) is 27.8 Å². The van der Waals surface area contributed by atoms with Crippen LogP contribution in [0.3, 0.4) is 0 Å². The summed E-state index contributed by atoms with van der Waals surface area (Å²) in [5.41, 5.74) is 6.46. The Bertz CT molecular complexity index is 1970. The van der Waals surface area contributed by atoms with Crippen molar-refractivity contribution in [3.63, 3.8) is 0 Å². The lowest BCUT2D eigenvalue weighted by Gasteiger charge is -2.27. The molecule has 2 unspecified atom stereocenters. The molecule has 1 N–H and O–H groups in total. The largest absolute Gasteiger partial charge is 0.465 e. The summed E-state index contributed by atoms with van der Waals surface area (Å²) in [6.07, 6.45) is 4.27. The van der Waals surface area contributed by atoms with Gasteiger partial charge in [-0.1, -0.05) is 54.1 Å². The number of esters is 2. The average molecular weight is 652 g/mol. The molecule has 1 heterocycles. The first-order chi connectivity index (χ1) is 22.5. The number of carbonyl (C=O) groups excluding carboxylic acids is 2. The van der Waals surface area contributed by atoms with Crippen LogP contribution in [0.25, 0.3) is 5.69 Å². The summed E-state index contributed by atoms with van der Waals surface area (Å²) >= 11 is 0. The van der Waals surface area contributed by atoms with Crippen LogP contribution < -0.4 is 4.72 Å². The Morgan fingerprint density at radius 2 is 1.55 bits per heavy atom. The van der Waals surface area contributed by atoms with Crippen LogP contribution in [0.4, 0.5) is 0 Å². The van der Waals surface area contributed by atoms with Gasteiger partial charge in [0, 0.05) is 29.2 Å². The third-order valence-electron chi connectivity index (χ3n) is 8.05. The molecule has 0 saturated carbocycles. The monoisotopic (exact) mass is 651 g/mol. The number of sulfonamides is 1. The number of nitrogens with zero attached hydrogens (tertiary/aromatic N) is 2. The van der Waals surface area contributed by atoms with Crippen molar-refractivity contribution in [3.05, 3.63) is 148 Å². The van der Waals surface area contributed by atoms with Gasteiger partial charge in [-0.05, 0) is 92.8 Å². The van der Waals surface area contributed by atoms with E-state index in [1.807, 2.05) is 87.0 Å². The maximum atomic E-state index is 14.3.